The highest BCUT2D eigenvalue weighted by Crippen LogP contribution is 2.32. The van der Waals surface area contributed by atoms with Gasteiger partial charge in [-0.1, -0.05) is 0 Å². The van der Waals surface area contributed by atoms with Gasteiger partial charge < -0.3 is 9.64 Å². The summed E-state index contributed by atoms with van der Waals surface area (Å²) in [4.78, 5) is 26.5. The number of nitrogens with zero attached hydrogens (tertiary/aromatic N) is 5. The topological polar surface area (TPSA) is 73.1 Å². The monoisotopic (exact) mass is 455 g/mol. The summed E-state index contributed by atoms with van der Waals surface area (Å²) in [6.07, 6.45) is -4.95. The quantitative estimate of drug-likeness (QED) is 0.553. The van der Waals surface area contributed by atoms with Gasteiger partial charge in [0.15, 0.2) is 5.52 Å². The first-order valence-electron chi connectivity index (χ1n) is 9.58. The molecule has 0 unspecified atom stereocenters. The van der Waals surface area contributed by atoms with E-state index >= 15 is 0 Å². The minimum atomic E-state index is -4.95. The summed E-state index contributed by atoms with van der Waals surface area (Å²) < 4.78 is 74.5. The SMILES string of the molecule is Cn1c(C(F)(F)F)nc2c(-c3ccc(F)cc3F)nc(N3CCOC(C)(C)C3)nc2c1=O. The Morgan fingerprint density at radius 1 is 1.09 bits per heavy atom. The van der Waals surface area contributed by atoms with Crippen LogP contribution in [0.2, 0.25) is 0 Å². The number of alkyl halides is 3. The van der Waals surface area contributed by atoms with Gasteiger partial charge >= 0.3 is 6.18 Å². The molecular formula is C20H18F5N5O2. The Labute approximate surface area is 178 Å². The fraction of sp³-hybridized carbons (Fsp3) is 0.400. The van der Waals surface area contributed by atoms with E-state index in [0.29, 0.717) is 30.3 Å². The van der Waals surface area contributed by atoms with E-state index in [0.717, 1.165) is 19.2 Å². The molecule has 3 heterocycles. The summed E-state index contributed by atoms with van der Waals surface area (Å²) in [7, 11) is 0.926. The summed E-state index contributed by atoms with van der Waals surface area (Å²) in [6.45, 7) is 4.64. The first kappa shape index (κ1) is 22.1. The van der Waals surface area contributed by atoms with Crippen molar-refractivity contribution in [2.75, 3.05) is 24.6 Å². The molecule has 170 valence electrons. The fourth-order valence-corrected chi connectivity index (χ4v) is 3.59. The summed E-state index contributed by atoms with van der Waals surface area (Å²) in [5, 5.41) is 0. The zero-order valence-corrected chi connectivity index (χ0v) is 17.3. The zero-order valence-electron chi connectivity index (χ0n) is 17.3. The first-order valence-corrected chi connectivity index (χ1v) is 9.58. The summed E-state index contributed by atoms with van der Waals surface area (Å²) in [5.74, 6) is -3.41. The number of morpholine rings is 1. The van der Waals surface area contributed by atoms with Crippen LogP contribution in [0.25, 0.3) is 22.3 Å². The number of aromatic nitrogens is 4. The predicted octanol–water partition coefficient (Wildman–Crippen LogP) is 3.30. The number of hydrogen-bond donors (Lipinski definition) is 0. The molecule has 0 saturated carbocycles. The Kier molecular flexibility index (Phi) is 5.15. The Morgan fingerprint density at radius 3 is 2.44 bits per heavy atom. The second kappa shape index (κ2) is 7.47. The van der Waals surface area contributed by atoms with Crippen LogP contribution in [0.1, 0.15) is 19.7 Å². The average molecular weight is 455 g/mol. The van der Waals surface area contributed by atoms with Crippen molar-refractivity contribution >= 4 is 17.0 Å². The summed E-state index contributed by atoms with van der Waals surface area (Å²) in [6, 6.07) is 2.55. The molecule has 4 rings (SSSR count). The van der Waals surface area contributed by atoms with Crippen molar-refractivity contribution in [3.63, 3.8) is 0 Å². The molecule has 1 saturated heterocycles. The van der Waals surface area contributed by atoms with Crippen molar-refractivity contribution in [1.29, 1.82) is 0 Å². The predicted molar refractivity (Wildman–Crippen MR) is 105 cm³/mol. The van der Waals surface area contributed by atoms with Gasteiger partial charge in [0.25, 0.3) is 5.56 Å². The highest BCUT2D eigenvalue weighted by molar-refractivity contribution is 5.89. The molecule has 0 radical (unpaired) electrons. The number of benzene rings is 1. The van der Waals surface area contributed by atoms with E-state index in [9.17, 15) is 26.7 Å². The largest absolute Gasteiger partial charge is 0.449 e. The third kappa shape index (κ3) is 3.90. The lowest BCUT2D eigenvalue weighted by molar-refractivity contribution is -0.147. The normalized spacial score (nSPS) is 16.6. The third-order valence-electron chi connectivity index (χ3n) is 5.06. The molecule has 1 aliphatic rings. The lowest BCUT2D eigenvalue weighted by Crippen LogP contribution is -2.49. The van der Waals surface area contributed by atoms with Gasteiger partial charge in [-0.15, -0.1) is 0 Å². The summed E-state index contributed by atoms with van der Waals surface area (Å²) in [5.41, 5.74) is -3.23. The number of hydrogen-bond acceptors (Lipinski definition) is 6. The average Bonchev–Trinajstić information content (AvgIpc) is 2.68. The van der Waals surface area contributed by atoms with Gasteiger partial charge in [-0.05, 0) is 26.0 Å². The van der Waals surface area contributed by atoms with Gasteiger partial charge in [-0.25, -0.2) is 23.7 Å². The van der Waals surface area contributed by atoms with Crippen molar-refractivity contribution in [2.45, 2.75) is 25.6 Å². The minimum Gasteiger partial charge on any atom is -0.372 e. The van der Waals surface area contributed by atoms with E-state index in [1.807, 2.05) is 13.8 Å². The van der Waals surface area contributed by atoms with Crippen LogP contribution in [0.4, 0.5) is 27.9 Å². The minimum absolute atomic E-state index is 0.00580. The van der Waals surface area contributed by atoms with E-state index in [4.69, 9.17) is 4.74 Å². The van der Waals surface area contributed by atoms with Gasteiger partial charge in [0, 0.05) is 31.8 Å². The molecule has 3 aromatic rings. The first-order chi connectivity index (χ1) is 14.9. The molecule has 1 fully saturated rings. The Bertz CT molecular complexity index is 1270. The van der Waals surface area contributed by atoms with Crippen molar-refractivity contribution in [3.8, 4) is 11.3 Å². The van der Waals surface area contributed by atoms with Crippen molar-refractivity contribution in [3.05, 3.63) is 46.0 Å². The van der Waals surface area contributed by atoms with Gasteiger partial charge in [-0.3, -0.25) is 9.36 Å². The molecule has 12 heteroatoms. The fourth-order valence-electron chi connectivity index (χ4n) is 3.59. The molecule has 2 aromatic heterocycles. The molecular weight excluding hydrogens is 437 g/mol. The van der Waals surface area contributed by atoms with E-state index in [2.05, 4.69) is 15.0 Å². The second-order valence-corrected chi connectivity index (χ2v) is 8.02. The number of halogens is 5. The highest BCUT2D eigenvalue weighted by Gasteiger charge is 2.38. The van der Waals surface area contributed by atoms with Crippen molar-refractivity contribution in [1.82, 2.24) is 19.5 Å². The molecule has 0 atom stereocenters. The van der Waals surface area contributed by atoms with Crippen LogP contribution in [0.15, 0.2) is 23.0 Å². The van der Waals surface area contributed by atoms with Crippen LogP contribution in [-0.2, 0) is 18.0 Å². The number of anilines is 1. The summed E-state index contributed by atoms with van der Waals surface area (Å²) >= 11 is 0. The maximum Gasteiger partial charge on any atom is 0.449 e. The van der Waals surface area contributed by atoms with Gasteiger partial charge in [0.1, 0.15) is 22.8 Å². The molecule has 0 N–H and O–H groups in total. The van der Waals surface area contributed by atoms with Crippen LogP contribution in [0.3, 0.4) is 0 Å². The van der Waals surface area contributed by atoms with Crippen LogP contribution < -0.4 is 10.5 Å². The highest BCUT2D eigenvalue weighted by atomic mass is 19.4. The van der Waals surface area contributed by atoms with Gasteiger partial charge in [-0.2, -0.15) is 13.2 Å². The zero-order chi connectivity index (χ0) is 23.4. The van der Waals surface area contributed by atoms with E-state index in [-0.39, 0.29) is 17.2 Å². The van der Waals surface area contributed by atoms with Crippen LogP contribution in [0, 0.1) is 11.6 Å². The lowest BCUT2D eigenvalue weighted by Gasteiger charge is -2.38. The number of ether oxygens (including phenoxy) is 1. The van der Waals surface area contributed by atoms with Gasteiger partial charge in [0.2, 0.25) is 11.8 Å². The third-order valence-corrected chi connectivity index (χ3v) is 5.06. The van der Waals surface area contributed by atoms with Crippen molar-refractivity contribution < 1.29 is 26.7 Å². The van der Waals surface area contributed by atoms with E-state index in [1.54, 1.807) is 4.90 Å². The Balaban J connectivity index is 2.05. The Morgan fingerprint density at radius 2 is 1.81 bits per heavy atom. The smallest absolute Gasteiger partial charge is 0.372 e. The lowest BCUT2D eigenvalue weighted by atomic mass is 10.1. The molecule has 1 aromatic carbocycles. The molecule has 7 nitrogen and oxygen atoms in total. The van der Waals surface area contributed by atoms with E-state index in [1.165, 1.54) is 0 Å². The second-order valence-electron chi connectivity index (χ2n) is 8.02. The maximum atomic E-state index is 14.6. The van der Waals surface area contributed by atoms with E-state index < -0.39 is 45.8 Å². The van der Waals surface area contributed by atoms with Crippen molar-refractivity contribution in [2.24, 2.45) is 7.05 Å². The molecule has 1 aliphatic heterocycles. The number of rotatable bonds is 2. The molecule has 32 heavy (non-hydrogen) atoms. The van der Waals surface area contributed by atoms with Crippen LogP contribution in [-0.4, -0.2) is 44.8 Å². The number of fused-ring (bicyclic) bond motifs is 1. The standard InChI is InChI=1S/C20H18F5N5O2/c1-19(2)9-30(6-7-32-19)18-27-13(11-5-4-10(21)8-12(11)22)14-15(28-18)16(31)29(3)17(26-14)20(23,24)25/h4-5,8H,6-7,9H2,1-3H3. The van der Waals surface area contributed by atoms with Gasteiger partial charge in [0.05, 0.1) is 12.2 Å². The Hall–Kier alpha value is -3.15. The maximum absolute atomic E-state index is 14.6. The molecule has 0 bridgehead atoms. The van der Waals surface area contributed by atoms with Crippen LogP contribution in [0.5, 0.6) is 0 Å². The molecule has 0 aliphatic carbocycles. The molecule has 0 amide bonds. The van der Waals surface area contributed by atoms with Crippen LogP contribution >= 0.6 is 0 Å². The molecule has 0 spiro atoms.